The number of carbonyl (C=O) groups is 1. The number of halogens is 2. The topological polar surface area (TPSA) is 46.3 Å². The molecule has 0 bridgehead atoms. The molecule has 0 aliphatic heterocycles. The average molecular weight is 256 g/mol. The van der Waals surface area contributed by atoms with Crippen LogP contribution in [0.2, 0.25) is 0 Å². The van der Waals surface area contributed by atoms with Crippen LogP contribution in [0.15, 0.2) is 18.2 Å². The predicted octanol–water partition coefficient (Wildman–Crippen LogP) is 2.22. The Hall–Kier alpha value is -1.49. The SMILES string of the molecule is CC[C@H](N)C(=O)N(C)C(C)c1ccc(F)c(F)c1. The highest BCUT2D eigenvalue weighted by Crippen LogP contribution is 2.21. The summed E-state index contributed by atoms with van der Waals surface area (Å²) in [6, 6.07) is 2.69. The van der Waals surface area contributed by atoms with Crippen molar-refractivity contribution in [3.63, 3.8) is 0 Å². The molecule has 1 unspecified atom stereocenters. The van der Waals surface area contributed by atoms with Crippen molar-refractivity contribution >= 4 is 5.91 Å². The molecule has 0 spiro atoms. The maximum Gasteiger partial charge on any atom is 0.239 e. The van der Waals surface area contributed by atoms with Crippen LogP contribution in [0.1, 0.15) is 31.9 Å². The van der Waals surface area contributed by atoms with Crippen LogP contribution >= 0.6 is 0 Å². The molecule has 0 radical (unpaired) electrons. The minimum Gasteiger partial charge on any atom is -0.338 e. The van der Waals surface area contributed by atoms with Crippen molar-refractivity contribution in [3.05, 3.63) is 35.4 Å². The van der Waals surface area contributed by atoms with Crippen molar-refractivity contribution in [3.8, 4) is 0 Å². The summed E-state index contributed by atoms with van der Waals surface area (Å²) >= 11 is 0. The van der Waals surface area contributed by atoms with E-state index in [1.54, 1.807) is 14.0 Å². The third kappa shape index (κ3) is 3.04. The second-order valence-electron chi connectivity index (χ2n) is 4.31. The number of nitrogens with zero attached hydrogens (tertiary/aromatic N) is 1. The molecule has 0 saturated heterocycles. The molecule has 2 N–H and O–H groups in total. The van der Waals surface area contributed by atoms with Gasteiger partial charge in [0.25, 0.3) is 0 Å². The lowest BCUT2D eigenvalue weighted by atomic mass is 10.1. The zero-order valence-electron chi connectivity index (χ0n) is 10.8. The van der Waals surface area contributed by atoms with Crippen LogP contribution < -0.4 is 5.73 Å². The highest BCUT2D eigenvalue weighted by Gasteiger charge is 2.22. The molecule has 100 valence electrons. The summed E-state index contributed by atoms with van der Waals surface area (Å²) in [5.74, 6) is -2.03. The molecule has 1 aromatic rings. The number of nitrogens with two attached hydrogens (primary N) is 1. The van der Waals surface area contributed by atoms with Crippen molar-refractivity contribution in [2.24, 2.45) is 5.73 Å². The van der Waals surface area contributed by atoms with E-state index in [4.69, 9.17) is 5.73 Å². The van der Waals surface area contributed by atoms with Gasteiger partial charge >= 0.3 is 0 Å². The van der Waals surface area contributed by atoms with E-state index in [-0.39, 0.29) is 11.9 Å². The zero-order chi connectivity index (χ0) is 13.9. The van der Waals surface area contributed by atoms with E-state index < -0.39 is 17.7 Å². The van der Waals surface area contributed by atoms with Gasteiger partial charge < -0.3 is 10.6 Å². The van der Waals surface area contributed by atoms with Gasteiger partial charge in [-0.2, -0.15) is 0 Å². The van der Waals surface area contributed by atoms with Crippen LogP contribution in [0.25, 0.3) is 0 Å². The first-order chi connectivity index (χ1) is 8.38. The van der Waals surface area contributed by atoms with E-state index in [1.165, 1.54) is 11.0 Å². The molecule has 18 heavy (non-hydrogen) atoms. The first kappa shape index (κ1) is 14.6. The van der Waals surface area contributed by atoms with Crippen LogP contribution in [0.3, 0.4) is 0 Å². The second-order valence-corrected chi connectivity index (χ2v) is 4.31. The summed E-state index contributed by atoms with van der Waals surface area (Å²) in [4.78, 5) is 13.3. The Balaban J connectivity index is 2.89. The van der Waals surface area contributed by atoms with E-state index >= 15 is 0 Å². The standard InChI is InChI=1S/C13H18F2N2O/c1-4-12(16)13(18)17(3)8(2)9-5-6-10(14)11(15)7-9/h5-8,12H,4,16H2,1-3H3/t8?,12-/m0/s1. The highest BCUT2D eigenvalue weighted by atomic mass is 19.2. The fourth-order valence-electron chi connectivity index (χ4n) is 1.62. The number of benzene rings is 1. The maximum absolute atomic E-state index is 13.1. The summed E-state index contributed by atoms with van der Waals surface area (Å²) in [5, 5.41) is 0. The first-order valence-electron chi connectivity index (χ1n) is 5.85. The van der Waals surface area contributed by atoms with E-state index in [0.717, 1.165) is 12.1 Å². The maximum atomic E-state index is 13.1. The summed E-state index contributed by atoms with van der Waals surface area (Å²) in [6.45, 7) is 3.56. The molecule has 1 rings (SSSR count). The number of hydrogen-bond acceptors (Lipinski definition) is 2. The Kier molecular flexibility index (Phi) is 4.78. The predicted molar refractivity (Wildman–Crippen MR) is 65.8 cm³/mol. The van der Waals surface area contributed by atoms with Crippen molar-refractivity contribution in [1.29, 1.82) is 0 Å². The molecule has 2 atom stereocenters. The molecule has 0 aliphatic rings. The number of carbonyl (C=O) groups excluding carboxylic acids is 1. The Morgan fingerprint density at radius 3 is 2.50 bits per heavy atom. The third-order valence-electron chi connectivity index (χ3n) is 3.11. The van der Waals surface area contributed by atoms with Gasteiger partial charge in [0.2, 0.25) is 5.91 Å². The fourth-order valence-corrected chi connectivity index (χ4v) is 1.62. The first-order valence-corrected chi connectivity index (χ1v) is 5.85. The lowest BCUT2D eigenvalue weighted by Crippen LogP contribution is -2.42. The van der Waals surface area contributed by atoms with Crippen LogP contribution in [0.5, 0.6) is 0 Å². The van der Waals surface area contributed by atoms with E-state index in [1.807, 2.05) is 6.92 Å². The van der Waals surface area contributed by atoms with Crippen molar-refractivity contribution in [2.75, 3.05) is 7.05 Å². The van der Waals surface area contributed by atoms with Crippen LogP contribution in [-0.4, -0.2) is 23.9 Å². The largest absolute Gasteiger partial charge is 0.338 e. The molecule has 3 nitrogen and oxygen atoms in total. The van der Waals surface area contributed by atoms with Crippen LogP contribution in [0, 0.1) is 11.6 Å². The summed E-state index contributed by atoms with van der Waals surface area (Å²) in [5.41, 5.74) is 6.20. The zero-order valence-corrected chi connectivity index (χ0v) is 10.8. The van der Waals surface area contributed by atoms with E-state index in [0.29, 0.717) is 12.0 Å². The van der Waals surface area contributed by atoms with Gasteiger partial charge in [-0.15, -0.1) is 0 Å². The number of amides is 1. The van der Waals surface area contributed by atoms with Gasteiger partial charge in [-0.1, -0.05) is 13.0 Å². The third-order valence-corrected chi connectivity index (χ3v) is 3.11. The average Bonchev–Trinajstić information content (AvgIpc) is 2.38. The van der Waals surface area contributed by atoms with Crippen molar-refractivity contribution < 1.29 is 13.6 Å². The van der Waals surface area contributed by atoms with Gasteiger partial charge in [-0.05, 0) is 31.0 Å². The molecule has 0 saturated carbocycles. The van der Waals surface area contributed by atoms with Gasteiger partial charge in [0.05, 0.1) is 12.1 Å². The minimum atomic E-state index is -0.917. The van der Waals surface area contributed by atoms with Crippen LogP contribution in [0.4, 0.5) is 8.78 Å². The Morgan fingerprint density at radius 1 is 1.39 bits per heavy atom. The Morgan fingerprint density at radius 2 is 2.00 bits per heavy atom. The van der Waals surface area contributed by atoms with Gasteiger partial charge in [-0.3, -0.25) is 4.79 Å². The number of hydrogen-bond donors (Lipinski definition) is 1. The van der Waals surface area contributed by atoms with Gasteiger partial charge in [0, 0.05) is 7.05 Å². The lowest BCUT2D eigenvalue weighted by molar-refractivity contribution is -0.133. The quantitative estimate of drug-likeness (QED) is 0.897. The smallest absolute Gasteiger partial charge is 0.239 e. The van der Waals surface area contributed by atoms with Crippen molar-refractivity contribution in [2.45, 2.75) is 32.4 Å². The molecule has 5 heteroatoms. The number of likely N-dealkylation sites (N-methyl/N-ethyl adjacent to an activating group) is 1. The van der Waals surface area contributed by atoms with Gasteiger partial charge in [0.15, 0.2) is 11.6 Å². The summed E-state index contributed by atoms with van der Waals surface area (Å²) in [7, 11) is 1.60. The molecule has 0 aromatic heterocycles. The normalized spacial score (nSPS) is 14.1. The molecule has 1 aromatic carbocycles. The van der Waals surface area contributed by atoms with Gasteiger partial charge in [0.1, 0.15) is 0 Å². The Bertz CT molecular complexity index is 437. The summed E-state index contributed by atoms with van der Waals surface area (Å²) < 4.78 is 26.0. The second kappa shape index (κ2) is 5.91. The monoisotopic (exact) mass is 256 g/mol. The number of rotatable bonds is 4. The molecular weight excluding hydrogens is 238 g/mol. The highest BCUT2D eigenvalue weighted by molar-refractivity contribution is 5.81. The van der Waals surface area contributed by atoms with E-state index in [9.17, 15) is 13.6 Å². The Labute approximate surface area is 106 Å². The molecule has 0 aliphatic carbocycles. The van der Waals surface area contributed by atoms with Crippen LogP contribution in [-0.2, 0) is 4.79 Å². The van der Waals surface area contributed by atoms with Crippen molar-refractivity contribution in [1.82, 2.24) is 4.90 Å². The molecule has 0 fully saturated rings. The summed E-state index contributed by atoms with van der Waals surface area (Å²) in [6.07, 6.45) is 0.535. The van der Waals surface area contributed by atoms with E-state index in [2.05, 4.69) is 0 Å². The molecule has 1 amide bonds. The minimum absolute atomic E-state index is 0.213. The van der Waals surface area contributed by atoms with Gasteiger partial charge in [-0.25, -0.2) is 8.78 Å². The lowest BCUT2D eigenvalue weighted by Gasteiger charge is -2.27. The fraction of sp³-hybridized carbons (Fsp3) is 0.462. The molecular formula is C13H18F2N2O. The molecule has 0 heterocycles.